The summed E-state index contributed by atoms with van der Waals surface area (Å²) < 4.78 is 5.99. The zero-order chi connectivity index (χ0) is 21.6. The number of hydrogen-bond donors (Lipinski definition) is 3. The van der Waals surface area contributed by atoms with E-state index in [1.54, 1.807) is 0 Å². The molecule has 1 aliphatic heterocycles. The van der Waals surface area contributed by atoms with Crippen molar-refractivity contribution in [2.24, 2.45) is 0 Å². The standard InChI is InChI=1S/C21H23N3O5S/c1-10-6-11(2)23-21(22-10)30-17-8-15(27)19-14(26)7-13(25)18(20(19)29-17)12-4-5-24(3)9-16(12)28/h6-8,12,16,25-26,28H,4-5,9H2,1-3H3/t12-,16+/m1/s1. The van der Waals surface area contributed by atoms with Crippen LogP contribution in [0.25, 0.3) is 11.0 Å². The topological polar surface area (TPSA) is 120 Å². The summed E-state index contributed by atoms with van der Waals surface area (Å²) >= 11 is 1.09. The SMILES string of the molecule is Cc1cc(C)nc(Sc2cc(=O)c3c(O)cc(O)c([C@@H]4CCN(C)C[C@@H]4O)c3o2)n1. The number of phenolic OH excluding ortho intramolecular Hbond substituents is 2. The van der Waals surface area contributed by atoms with Gasteiger partial charge in [-0.2, -0.15) is 0 Å². The summed E-state index contributed by atoms with van der Waals surface area (Å²) in [5, 5.41) is 32.2. The zero-order valence-electron chi connectivity index (χ0n) is 16.9. The van der Waals surface area contributed by atoms with E-state index in [2.05, 4.69) is 9.97 Å². The minimum absolute atomic E-state index is 0.0142. The number of aromatic hydroxyl groups is 2. The molecule has 0 bridgehead atoms. The highest BCUT2D eigenvalue weighted by atomic mass is 32.2. The predicted octanol–water partition coefficient (Wildman–Crippen LogP) is 2.54. The van der Waals surface area contributed by atoms with E-state index in [1.807, 2.05) is 31.9 Å². The molecular formula is C21H23N3O5S. The predicted molar refractivity (Wildman–Crippen MR) is 112 cm³/mol. The van der Waals surface area contributed by atoms with Gasteiger partial charge in [0.05, 0.1) is 6.10 Å². The van der Waals surface area contributed by atoms with E-state index in [-0.39, 0.29) is 27.6 Å². The van der Waals surface area contributed by atoms with Crippen molar-refractivity contribution in [1.29, 1.82) is 0 Å². The molecule has 30 heavy (non-hydrogen) atoms. The molecular weight excluding hydrogens is 406 g/mol. The van der Waals surface area contributed by atoms with Crippen LogP contribution in [-0.4, -0.2) is 56.4 Å². The second kappa shape index (κ2) is 7.90. The van der Waals surface area contributed by atoms with Gasteiger partial charge in [0.25, 0.3) is 0 Å². The number of fused-ring (bicyclic) bond motifs is 1. The van der Waals surface area contributed by atoms with Crippen molar-refractivity contribution in [3.63, 3.8) is 0 Å². The Hall–Kier alpha value is -2.62. The lowest BCUT2D eigenvalue weighted by Gasteiger charge is -2.34. The first-order chi connectivity index (χ1) is 14.2. The van der Waals surface area contributed by atoms with Gasteiger partial charge in [-0.25, -0.2) is 9.97 Å². The number of aryl methyl sites for hydroxylation is 2. The largest absolute Gasteiger partial charge is 0.507 e. The Morgan fingerprint density at radius 1 is 1.13 bits per heavy atom. The highest BCUT2D eigenvalue weighted by molar-refractivity contribution is 7.99. The van der Waals surface area contributed by atoms with Gasteiger partial charge < -0.3 is 24.6 Å². The Morgan fingerprint density at radius 2 is 1.83 bits per heavy atom. The first-order valence-electron chi connectivity index (χ1n) is 9.62. The smallest absolute Gasteiger partial charge is 0.197 e. The minimum Gasteiger partial charge on any atom is -0.507 e. The lowest BCUT2D eigenvalue weighted by molar-refractivity contribution is 0.0630. The zero-order valence-corrected chi connectivity index (χ0v) is 17.7. The third kappa shape index (κ3) is 3.88. The summed E-state index contributed by atoms with van der Waals surface area (Å²) in [7, 11) is 1.91. The van der Waals surface area contributed by atoms with Crippen LogP contribution in [0.5, 0.6) is 11.5 Å². The van der Waals surface area contributed by atoms with Gasteiger partial charge in [-0.1, -0.05) is 0 Å². The van der Waals surface area contributed by atoms with E-state index in [9.17, 15) is 20.1 Å². The van der Waals surface area contributed by atoms with Gasteiger partial charge in [-0.05, 0) is 51.7 Å². The van der Waals surface area contributed by atoms with Crippen LogP contribution in [0.2, 0.25) is 0 Å². The molecule has 0 aliphatic carbocycles. The highest BCUT2D eigenvalue weighted by Gasteiger charge is 2.33. The number of piperidine rings is 1. The molecule has 158 valence electrons. The van der Waals surface area contributed by atoms with Crippen molar-refractivity contribution < 1.29 is 19.7 Å². The molecule has 2 aromatic heterocycles. The summed E-state index contributed by atoms with van der Waals surface area (Å²) in [6.07, 6.45) is -0.168. The van der Waals surface area contributed by atoms with Gasteiger partial charge in [0.2, 0.25) is 0 Å². The molecule has 4 rings (SSSR count). The number of β-amino-alcohol motifs (C(OH)–C–C–N with tert-alkyl or cyclic N) is 1. The first kappa shape index (κ1) is 20.6. The Morgan fingerprint density at radius 3 is 2.50 bits per heavy atom. The van der Waals surface area contributed by atoms with Crippen LogP contribution in [0.4, 0.5) is 0 Å². The lowest BCUT2D eigenvalue weighted by Crippen LogP contribution is -2.40. The third-order valence-electron chi connectivity index (χ3n) is 5.28. The maximum absolute atomic E-state index is 12.8. The molecule has 9 heteroatoms. The average molecular weight is 429 g/mol. The van der Waals surface area contributed by atoms with Gasteiger partial charge in [0.1, 0.15) is 22.5 Å². The van der Waals surface area contributed by atoms with Crippen LogP contribution in [0.15, 0.2) is 37.7 Å². The molecule has 0 spiro atoms. The molecule has 2 atom stereocenters. The first-order valence-corrected chi connectivity index (χ1v) is 10.4. The second-order valence-electron chi connectivity index (χ2n) is 7.72. The Balaban J connectivity index is 1.87. The molecule has 1 fully saturated rings. The van der Waals surface area contributed by atoms with E-state index in [1.165, 1.54) is 6.07 Å². The van der Waals surface area contributed by atoms with E-state index in [0.29, 0.717) is 23.7 Å². The number of phenols is 2. The van der Waals surface area contributed by atoms with Crippen molar-refractivity contribution in [2.45, 2.75) is 42.5 Å². The summed E-state index contributed by atoms with van der Waals surface area (Å²) in [5.41, 5.74) is 1.56. The summed E-state index contributed by atoms with van der Waals surface area (Å²) in [4.78, 5) is 23.5. The molecule has 0 amide bonds. The Kier molecular flexibility index (Phi) is 5.44. The molecule has 3 N–H and O–H groups in total. The molecule has 0 saturated carbocycles. The van der Waals surface area contributed by atoms with Gasteiger partial charge >= 0.3 is 0 Å². The maximum Gasteiger partial charge on any atom is 0.197 e. The Bertz CT molecular complexity index is 1160. The fourth-order valence-corrected chi connectivity index (χ4v) is 4.81. The van der Waals surface area contributed by atoms with Crippen LogP contribution in [-0.2, 0) is 0 Å². The molecule has 3 aromatic rings. The fraction of sp³-hybridized carbons (Fsp3) is 0.381. The number of benzene rings is 1. The number of likely N-dealkylation sites (tertiary alicyclic amines) is 1. The highest BCUT2D eigenvalue weighted by Crippen LogP contribution is 2.42. The number of rotatable bonds is 3. The molecule has 8 nitrogen and oxygen atoms in total. The van der Waals surface area contributed by atoms with Crippen molar-refractivity contribution in [1.82, 2.24) is 14.9 Å². The number of nitrogens with zero attached hydrogens (tertiary/aromatic N) is 3. The van der Waals surface area contributed by atoms with Crippen LogP contribution in [0, 0.1) is 13.8 Å². The normalized spacial score (nSPS) is 20.0. The summed E-state index contributed by atoms with van der Waals surface area (Å²) in [5.74, 6) is -0.992. The van der Waals surface area contributed by atoms with Crippen molar-refractivity contribution >= 4 is 22.7 Å². The second-order valence-corrected chi connectivity index (χ2v) is 8.69. The fourth-order valence-electron chi connectivity index (χ4n) is 3.96. The Labute approximate surface area is 177 Å². The van der Waals surface area contributed by atoms with Crippen molar-refractivity contribution in [2.75, 3.05) is 20.1 Å². The van der Waals surface area contributed by atoms with E-state index < -0.39 is 17.5 Å². The third-order valence-corrected chi connectivity index (χ3v) is 6.05. The van der Waals surface area contributed by atoms with Gasteiger partial charge in [-0.15, -0.1) is 0 Å². The monoisotopic (exact) mass is 429 g/mol. The summed E-state index contributed by atoms with van der Waals surface area (Å²) in [6, 6.07) is 4.26. The van der Waals surface area contributed by atoms with Crippen molar-refractivity contribution in [3.8, 4) is 11.5 Å². The van der Waals surface area contributed by atoms with Crippen LogP contribution in [0.1, 0.15) is 29.3 Å². The van der Waals surface area contributed by atoms with E-state index >= 15 is 0 Å². The van der Waals surface area contributed by atoms with Gasteiger partial charge in [0.15, 0.2) is 15.7 Å². The molecule has 1 saturated heterocycles. The molecule has 3 heterocycles. The molecule has 0 radical (unpaired) electrons. The van der Waals surface area contributed by atoms with E-state index in [4.69, 9.17) is 4.42 Å². The minimum atomic E-state index is -0.744. The molecule has 1 aromatic carbocycles. The number of aliphatic hydroxyl groups is 1. The number of hydrogen-bond acceptors (Lipinski definition) is 9. The van der Waals surface area contributed by atoms with Gasteiger partial charge in [-0.3, -0.25) is 4.79 Å². The molecule has 0 unspecified atom stereocenters. The number of likely N-dealkylation sites (N-methyl/N-ethyl adjacent to an activating group) is 1. The maximum atomic E-state index is 12.8. The quantitative estimate of drug-likeness (QED) is 0.539. The summed E-state index contributed by atoms with van der Waals surface area (Å²) in [6.45, 7) is 4.86. The average Bonchev–Trinajstić information content (AvgIpc) is 2.61. The number of aliphatic hydroxyl groups excluding tert-OH is 1. The van der Waals surface area contributed by atoms with Crippen LogP contribution < -0.4 is 5.43 Å². The molecule has 1 aliphatic rings. The van der Waals surface area contributed by atoms with Crippen LogP contribution >= 0.6 is 11.8 Å². The van der Waals surface area contributed by atoms with Crippen molar-refractivity contribution in [3.05, 3.63) is 45.4 Å². The van der Waals surface area contributed by atoms with E-state index in [0.717, 1.165) is 35.8 Å². The lowest BCUT2D eigenvalue weighted by atomic mass is 9.85. The number of aromatic nitrogens is 2. The van der Waals surface area contributed by atoms with Crippen LogP contribution in [0.3, 0.4) is 0 Å². The van der Waals surface area contributed by atoms with Gasteiger partial charge in [0, 0.05) is 41.5 Å².